The number of hydrogen-bond acceptors (Lipinski definition) is 3. The van der Waals surface area contributed by atoms with Crippen molar-refractivity contribution in [2.75, 3.05) is 13.2 Å². The van der Waals surface area contributed by atoms with Crippen LogP contribution in [0.4, 0.5) is 4.39 Å². The van der Waals surface area contributed by atoms with Gasteiger partial charge in [0.25, 0.3) is 0 Å². The molecule has 3 nitrogen and oxygen atoms in total. The molecule has 0 heterocycles. The van der Waals surface area contributed by atoms with E-state index in [-0.39, 0.29) is 19.0 Å². The van der Waals surface area contributed by atoms with Gasteiger partial charge >= 0.3 is 0 Å². The van der Waals surface area contributed by atoms with Crippen LogP contribution in [0.1, 0.15) is 17.5 Å². The first-order valence-corrected chi connectivity index (χ1v) is 8.96. The Morgan fingerprint density at radius 2 is 1.85 bits per heavy atom. The summed E-state index contributed by atoms with van der Waals surface area (Å²) in [4.78, 5) is 0. The predicted octanol–water partition coefficient (Wildman–Crippen LogP) is 4.68. The zero-order chi connectivity index (χ0) is 18.4. The summed E-state index contributed by atoms with van der Waals surface area (Å²) >= 11 is 6.09. The van der Waals surface area contributed by atoms with Crippen LogP contribution in [0.25, 0.3) is 10.8 Å². The van der Waals surface area contributed by atoms with Crippen LogP contribution >= 0.6 is 11.6 Å². The van der Waals surface area contributed by atoms with E-state index < -0.39 is 0 Å². The maximum absolute atomic E-state index is 14.0. The lowest BCUT2D eigenvalue weighted by Gasteiger charge is -2.16. The van der Waals surface area contributed by atoms with Gasteiger partial charge in [0.15, 0.2) is 0 Å². The van der Waals surface area contributed by atoms with Crippen molar-refractivity contribution in [2.24, 2.45) is 0 Å². The van der Waals surface area contributed by atoms with Crippen LogP contribution in [-0.4, -0.2) is 18.3 Å². The number of aliphatic hydroxyl groups excluding tert-OH is 1. The van der Waals surface area contributed by atoms with Gasteiger partial charge < -0.3 is 15.2 Å². The summed E-state index contributed by atoms with van der Waals surface area (Å²) in [6.07, 6.45) is 0.686. The highest BCUT2D eigenvalue weighted by atomic mass is 35.5. The van der Waals surface area contributed by atoms with Gasteiger partial charge in [0, 0.05) is 24.3 Å². The number of halogens is 2. The van der Waals surface area contributed by atoms with Crippen LogP contribution in [0.15, 0.2) is 54.6 Å². The first kappa shape index (κ1) is 18.6. The maximum atomic E-state index is 14.0. The molecule has 0 fully saturated rings. The number of rotatable bonds is 8. The van der Waals surface area contributed by atoms with Gasteiger partial charge in [0.1, 0.15) is 18.2 Å². The highest BCUT2D eigenvalue weighted by Gasteiger charge is 2.12. The van der Waals surface area contributed by atoms with E-state index in [0.29, 0.717) is 35.8 Å². The standard InChI is InChI=1S/C21H21ClFNO2/c22-19-7-3-8-20(23)18(19)14-26-21-10-9-15-5-1-2-6-16(15)17(21)13-24-11-4-12-25/h1-3,5-10,24-25H,4,11-14H2. The number of aliphatic hydroxyl groups is 1. The molecule has 0 unspecified atom stereocenters. The number of hydrogen-bond donors (Lipinski definition) is 2. The zero-order valence-corrected chi connectivity index (χ0v) is 15.1. The number of fused-ring (bicyclic) bond motifs is 1. The number of nitrogens with one attached hydrogen (secondary N) is 1. The van der Waals surface area contributed by atoms with Crippen LogP contribution in [-0.2, 0) is 13.2 Å². The summed E-state index contributed by atoms with van der Waals surface area (Å²) in [5, 5.41) is 14.8. The smallest absolute Gasteiger partial charge is 0.131 e. The fourth-order valence-corrected chi connectivity index (χ4v) is 3.09. The third-order valence-electron chi connectivity index (χ3n) is 4.24. The number of benzene rings is 3. The average Bonchev–Trinajstić information content (AvgIpc) is 2.65. The Balaban J connectivity index is 1.86. The topological polar surface area (TPSA) is 41.5 Å². The molecule has 3 aromatic rings. The molecule has 0 atom stereocenters. The van der Waals surface area contributed by atoms with Crippen molar-refractivity contribution in [2.45, 2.75) is 19.6 Å². The van der Waals surface area contributed by atoms with Gasteiger partial charge in [-0.1, -0.05) is 48.0 Å². The molecule has 136 valence electrons. The largest absolute Gasteiger partial charge is 0.488 e. The van der Waals surface area contributed by atoms with Crippen molar-refractivity contribution in [1.82, 2.24) is 5.32 Å². The van der Waals surface area contributed by atoms with Gasteiger partial charge in [-0.05, 0) is 41.9 Å². The minimum absolute atomic E-state index is 0.0630. The van der Waals surface area contributed by atoms with E-state index in [2.05, 4.69) is 5.32 Å². The lowest BCUT2D eigenvalue weighted by Crippen LogP contribution is -2.16. The van der Waals surface area contributed by atoms with Gasteiger partial charge in [-0.25, -0.2) is 4.39 Å². The fourth-order valence-electron chi connectivity index (χ4n) is 2.87. The van der Waals surface area contributed by atoms with E-state index in [1.165, 1.54) is 6.07 Å². The first-order chi connectivity index (χ1) is 12.7. The summed E-state index contributed by atoms with van der Waals surface area (Å²) in [5.41, 5.74) is 1.36. The highest BCUT2D eigenvalue weighted by molar-refractivity contribution is 6.31. The summed E-state index contributed by atoms with van der Waals surface area (Å²) in [6, 6.07) is 16.6. The quantitative estimate of drug-likeness (QED) is 0.563. The molecular weight excluding hydrogens is 353 g/mol. The lowest BCUT2D eigenvalue weighted by atomic mass is 10.0. The molecule has 0 aliphatic carbocycles. The van der Waals surface area contributed by atoms with Gasteiger partial charge in [-0.15, -0.1) is 0 Å². The minimum atomic E-state index is -0.374. The van der Waals surface area contributed by atoms with E-state index in [9.17, 15) is 4.39 Å². The SMILES string of the molecule is OCCCNCc1c(OCc2c(F)cccc2Cl)ccc2ccccc12. The molecule has 26 heavy (non-hydrogen) atoms. The molecule has 0 saturated carbocycles. The third kappa shape index (κ3) is 4.33. The molecule has 3 aromatic carbocycles. The molecule has 0 amide bonds. The summed E-state index contributed by atoms with van der Waals surface area (Å²) in [5.74, 6) is 0.320. The fraction of sp³-hybridized carbons (Fsp3) is 0.238. The molecule has 0 aliphatic rings. The summed E-state index contributed by atoms with van der Waals surface area (Å²) < 4.78 is 19.9. The van der Waals surface area contributed by atoms with Gasteiger partial charge in [0.2, 0.25) is 0 Å². The van der Waals surface area contributed by atoms with Crippen LogP contribution in [0, 0.1) is 5.82 Å². The summed E-state index contributed by atoms with van der Waals surface area (Å²) in [6.45, 7) is 1.52. The molecule has 3 rings (SSSR count). The Hall–Kier alpha value is -2.14. The van der Waals surface area contributed by atoms with Crippen LogP contribution < -0.4 is 10.1 Å². The molecule has 0 aromatic heterocycles. The van der Waals surface area contributed by atoms with E-state index in [1.807, 2.05) is 36.4 Å². The minimum Gasteiger partial charge on any atom is -0.488 e. The van der Waals surface area contributed by atoms with Crippen molar-refractivity contribution in [3.05, 3.63) is 76.6 Å². The zero-order valence-electron chi connectivity index (χ0n) is 14.3. The normalized spacial score (nSPS) is 11.0. The molecule has 0 spiro atoms. The van der Waals surface area contributed by atoms with E-state index in [1.54, 1.807) is 12.1 Å². The lowest BCUT2D eigenvalue weighted by molar-refractivity contribution is 0.284. The highest BCUT2D eigenvalue weighted by Crippen LogP contribution is 2.30. The van der Waals surface area contributed by atoms with E-state index >= 15 is 0 Å². The Morgan fingerprint density at radius 1 is 1.00 bits per heavy atom. The van der Waals surface area contributed by atoms with Crippen LogP contribution in [0.5, 0.6) is 5.75 Å². The average molecular weight is 374 g/mol. The third-order valence-corrected chi connectivity index (χ3v) is 4.60. The van der Waals surface area contributed by atoms with E-state index in [0.717, 1.165) is 16.3 Å². The Morgan fingerprint density at radius 3 is 2.65 bits per heavy atom. The van der Waals surface area contributed by atoms with Crippen molar-refractivity contribution in [3.8, 4) is 5.75 Å². The second-order valence-electron chi connectivity index (χ2n) is 6.01. The number of ether oxygens (including phenoxy) is 1. The molecule has 0 radical (unpaired) electrons. The monoisotopic (exact) mass is 373 g/mol. The van der Waals surface area contributed by atoms with Crippen LogP contribution in [0.2, 0.25) is 5.02 Å². The Kier molecular flexibility index (Phi) is 6.45. The van der Waals surface area contributed by atoms with Gasteiger partial charge in [-0.3, -0.25) is 0 Å². The summed E-state index contributed by atoms with van der Waals surface area (Å²) in [7, 11) is 0. The maximum Gasteiger partial charge on any atom is 0.131 e. The molecule has 2 N–H and O–H groups in total. The van der Waals surface area contributed by atoms with Crippen molar-refractivity contribution in [3.63, 3.8) is 0 Å². The Bertz CT molecular complexity index is 865. The van der Waals surface area contributed by atoms with Crippen LogP contribution in [0.3, 0.4) is 0 Å². The second kappa shape index (κ2) is 8.99. The van der Waals surface area contributed by atoms with Gasteiger partial charge in [-0.2, -0.15) is 0 Å². The molecular formula is C21H21ClFNO2. The molecule has 5 heteroatoms. The molecule has 0 bridgehead atoms. The predicted molar refractivity (Wildman–Crippen MR) is 103 cm³/mol. The second-order valence-corrected chi connectivity index (χ2v) is 6.41. The van der Waals surface area contributed by atoms with Crippen molar-refractivity contribution in [1.29, 1.82) is 0 Å². The Labute approximate surface area is 157 Å². The molecule has 0 saturated heterocycles. The van der Waals surface area contributed by atoms with Crippen molar-refractivity contribution < 1.29 is 14.2 Å². The molecule has 0 aliphatic heterocycles. The van der Waals surface area contributed by atoms with E-state index in [4.69, 9.17) is 21.4 Å². The van der Waals surface area contributed by atoms with Crippen molar-refractivity contribution >= 4 is 22.4 Å². The van der Waals surface area contributed by atoms with Gasteiger partial charge in [0.05, 0.1) is 5.02 Å². The first-order valence-electron chi connectivity index (χ1n) is 8.58.